The molecule has 7 heteroatoms. The van der Waals surface area contributed by atoms with Crippen LogP contribution in [0.2, 0.25) is 0 Å². The molecule has 1 aromatic heterocycles. The molecule has 0 fully saturated rings. The quantitative estimate of drug-likeness (QED) is 0.553. The van der Waals surface area contributed by atoms with Crippen molar-refractivity contribution in [2.24, 2.45) is 0 Å². The van der Waals surface area contributed by atoms with E-state index in [1.54, 1.807) is 24.3 Å². The molecule has 0 aliphatic carbocycles. The molecule has 2 nitrogen and oxygen atoms in total. The summed E-state index contributed by atoms with van der Waals surface area (Å²) in [6.07, 6.45) is 4.27. The van der Waals surface area contributed by atoms with Crippen LogP contribution in [0.4, 0.5) is 8.63 Å². The lowest BCUT2D eigenvalue weighted by Crippen LogP contribution is -2.50. The lowest BCUT2D eigenvalue weighted by atomic mass is 9.85. The fourth-order valence-corrected chi connectivity index (χ4v) is 4.62. The van der Waals surface area contributed by atoms with Crippen LogP contribution >= 0.6 is 31.9 Å². The number of hydrogen-bond acceptors (Lipinski definition) is 0. The third-order valence-electron chi connectivity index (χ3n) is 4.54. The normalized spacial score (nSPS) is 18.2. The molecule has 0 amide bonds. The predicted octanol–water partition coefficient (Wildman–Crippen LogP) is 5.18. The molecule has 1 aromatic carbocycles. The van der Waals surface area contributed by atoms with Gasteiger partial charge in [0, 0.05) is 33.8 Å². The number of halogens is 4. The molecule has 2 aliphatic heterocycles. The molecule has 4 rings (SSSR count). The number of hydrogen-bond donors (Lipinski definition) is 0. The van der Waals surface area contributed by atoms with Gasteiger partial charge in [-0.3, -0.25) is 0 Å². The van der Waals surface area contributed by atoms with Crippen molar-refractivity contribution < 1.29 is 13.1 Å². The van der Waals surface area contributed by atoms with E-state index in [2.05, 4.69) is 38.8 Å². The van der Waals surface area contributed by atoms with Gasteiger partial charge in [0.15, 0.2) is 5.70 Å². The van der Waals surface area contributed by atoms with Crippen molar-refractivity contribution in [3.05, 3.63) is 75.7 Å². The van der Waals surface area contributed by atoms with E-state index in [0.29, 0.717) is 20.6 Å². The third kappa shape index (κ3) is 2.07. The van der Waals surface area contributed by atoms with Crippen molar-refractivity contribution in [1.29, 1.82) is 0 Å². The van der Waals surface area contributed by atoms with Crippen molar-refractivity contribution in [2.45, 2.75) is 13.3 Å². The number of aryl methyl sites for hydroxylation is 1. The third-order valence-corrected chi connectivity index (χ3v) is 5.83. The summed E-state index contributed by atoms with van der Waals surface area (Å²) in [5.41, 5.74) is 4.02. The van der Waals surface area contributed by atoms with Gasteiger partial charge in [0.1, 0.15) is 0 Å². The maximum atomic E-state index is 15.2. The Kier molecular flexibility index (Phi) is 3.69. The molecule has 0 N–H and O–H groups in total. The van der Waals surface area contributed by atoms with Crippen LogP contribution in [0, 0.1) is 0 Å². The minimum absolute atomic E-state index is 0.375. The van der Waals surface area contributed by atoms with Crippen LogP contribution in [0.25, 0.3) is 5.57 Å². The van der Waals surface area contributed by atoms with Gasteiger partial charge in [-0.05, 0) is 45.6 Å². The van der Waals surface area contributed by atoms with E-state index in [1.807, 2.05) is 24.3 Å². The highest BCUT2D eigenvalue weighted by molar-refractivity contribution is 9.18. The highest BCUT2D eigenvalue weighted by Crippen LogP contribution is 2.42. The van der Waals surface area contributed by atoms with Gasteiger partial charge in [0.05, 0.1) is 10.2 Å². The monoisotopic (exact) mass is 452 g/mol. The first-order valence-corrected chi connectivity index (χ1v) is 9.27. The Morgan fingerprint density at radius 3 is 2.58 bits per heavy atom. The van der Waals surface area contributed by atoms with Gasteiger partial charge in [0.2, 0.25) is 4.62 Å². The highest BCUT2D eigenvalue weighted by atomic mass is 79.9. The summed E-state index contributed by atoms with van der Waals surface area (Å²) in [5, 5.41) is 0. The zero-order chi connectivity index (χ0) is 17.1. The van der Waals surface area contributed by atoms with E-state index < -0.39 is 6.97 Å². The number of allylic oxidation sites excluding steroid dienone is 2. The Morgan fingerprint density at radius 2 is 1.83 bits per heavy atom. The van der Waals surface area contributed by atoms with Gasteiger partial charge < -0.3 is 17.6 Å². The van der Waals surface area contributed by atoms with E-state index in [-0.39, 0.29) is 0 Å². The summed E-state index contributed by atoms with van der Waals surface area (Å²) in [4.78, 5) is 0. The molecule has 0 spiro atoms. The molecule has 0 saturated carbocycles. The van der Waals surface area contributed by atoms with Gasteiger partial charge in [-0.1, -0.05) is 31.2 Å². The average Bonchev–Trinajstić information content (AvgIpc) is 3.13. The zero-order valence-electron chi connectivity index (χ0n) is 12.8. The Labute approximate surface area is 155 Å². The number of benzene rings is 1. The molecule has 24 heavy (non-hydrogen) atoms. The van der Waals surface area contributed by atoms with Crippen LogP contribution in [0.5, 0.6) is 0 Å². The molecule has 2 aromatic rings. The van der Waals surface area contributed by atoms with Crippen molar-refractivity contribution in [3.63, 3.8) is 0 Å². The van der Waals surface area contributed by atoms with Crippen LogP contribution in [-0.2, 0) is 6.42 Å². The molecule has 0 bridgehead atoms. The van der Waals surface area contributed by atoms with E-state index in [1.165, 1.54) is 0 Å². The van der Waals surface area contributed by atoms with Gasteiger partial charge >= 0.3 is 6.97 Å². The number of rotatable bonds is 2. The Hall–Kier alpha value is -1.47. The van der Waals surface area contributed by atoms with Gasteiger partial charge in [-0.2, -0.15) is 0 Å². The van der Waals surface area contributed by atoms with E-state index in [4.69, 9.17) is 0 Å². The van der Waals surface area contributed by atoms with Crippen molar-refractivity contribution in [3.8, 4) is 0 Å². The first-order valence-electron chi connectivity index (χ1n) is 7.68. The minimum atomic E-state index is -3.96. The van der Waals surface area contributed by atoms with E-state index in [0.717, 1.165) is 32.1 Å². The average molecular weight is 454 g/mol. The molecule has 2 aliphatic rings. The summed E-state index contributed by atoms with van der Waals surface area (Å²) in [6.45, 7) is -1.89. The fraction of sp³-hybridized carbons (Fsp3) is 0.118. The molecule has 0 saturated heterocycles. The van der Waals surface area contributed by atoms with Gasteiger partial charge in [-0.15, -0.1) is 0 Å². The summed E-state index contributed by atoms with van der Waals surface area (Å²) >= 11 is 6.57. The van der Waals surface area contributed by atoms with Gasteiger partial charge in [0.25, 0.3) is 0 Å². The summed E-state index contributed by atoms with van der Waals surface area (Å²) in [7, 11) is 0. The smallest absolute Gasteiger partial charge is 0.389 e. The molecule has 0 atom stereocenters. The Morgan fingerprint density at radius 1 is 1.08 bits per heavy atom. The van der Waals surface area contributed by atoms with Crippen LogP contribution in [0.1, 0.15) is 23.7 Å². The van der Waals surface area contributed by atoms with E-state index >= 15 is 8.63 Å². The number of fused-ring (bicyclic) bond motifs is 2. The Bertz CT molecular complexity index is 957. The molecular weight excluding hydrogens is 441 g/mol. The highest BCUT2D eigenvalue weighted by Gasteiger charge is 2.54. The Balaban J connectivity index is 2.13. The maximum absolute atomic E-state index is 15.2. The second kappa shape index (κ2) is 5.53. The maximum Gasteiger partial charge on any atom is 0.738 e. The summed E-state index contributed by atoms with van der Waals surface area (Å²) in [5.74, 6) is 0. The first kappa shape index (κ1) is 16.0. The van der Waals surface area contributed by atoms with Crippen molar-refractivity contribution in [2.75, 3.05) is 0 Å². The second-order valence-corrected chi connectivity index (χ2v) is 7.42. The summed E-state index contributed by atoms with van der Waals surface area (Å²) < 4.78 is 33.3. The largest absolute Gasteiger partial charge is 0.738 e. The van der Waals surface area contributed by atoms with Crippen molar-refractivity contribution >= 4 is 49.0 Å². The lowest BCUT2D eigenvalue weighted by molar-refractivity contribution is -0.358. The summed E-state index contributed by atoms with van der Waals surface area (Å²) in [6, 6.07) is 11.4. The fourth-order valence-electron chi connectivity index (χ4n) is 3.48. The van der Waals surface area contributed by atoms with Crippen LogP contribution < -0.4 is 0 Å². The lowest BCUT2D eigenvalue weighted by Gasteiger charge is -2.32. The van der Waals surface area contributed by atoms with Crippen molar-refractivity contribution in [1.82, 2.24) is 4.48 Å². The molecular formula is C17H13BBr2F2N2. The van der Waals surface area contributed by atoms with Gasteiger partial charge in [-0.25, -0.2) is 0 Å². The molecule has 3 heterocycles. The molecule has 0 radical (unpaired) electrons. The van der Waals surface area contributed by atoms with E-state index in [9.17, 15) is 0 Å². The molecule has 0 unspecified atom stereocenters. The van der Waals surface area contributed by atoms with Crippen LogP contribution in [0.3, 0.4) is 0 Å². The molecule has 122 valence electrons. The van der Waals surface area contributed by atoms with Crippen LogP contribution in [0.15, 0.2) is 58.9 Å². The number of aromatic nitrogens is 1. The number of nitrogens with zero attached hydrogens (tertiary/aromatic N) is 2. The SMILES string of the molecule is CCc1ccccc1C1=C2C=CC(Br)=[N+]2[B-](F)(F)n2c(Br)ccc21. The zero-order valence-corrected chi connectivity index (χ0v) is 16.0. The minimum Gasteiger partial charge on any atom is -0.389 e. The second-order valence-electron chi connectivity index (χ2n) is 5.80. The standard InChI is InChI=1S/C17H13BBr2F2N2/c1-2-11-5-3-4-6-12(11)17-13-7-9-15(19)23(13)18(21,22)24-14(17)8-10-16(24)20/h3-10H,2H2,1H3. The first-order chi connectivity index (χ1) is 11.5. The van der Waals surface area contributed by atoms with Crippen LogP contribution in [-0.4, -0.2) is 20.6 Å². The topological polar surface area (TPSA) is 7.94 Å². The predicted molar refractivity (Wildman–Crippen MR) is 101 cm³/mol.